The lowest BCUT2D eigenvalue weighted by atomic mass is 10.1. The van der Waals surface area contributed by atoms with Crippen LogP contribution in [0, 0.1) is 11.3 Å². The number of hydrogen-bond donors (Lipinski definition) is 0. The molecule has 4 aliphatic rings. The molecule has 1 amide bonds. The van der Waals surface area contributed by atoms with Gasteiger partial charge in [-0.05, 0) is 12.1 Å². The Morgan fingerprint density at radius 3 is 2.79 bits per heavy atom. The van der Waals surface area contributed by atoms with Crippen LogP contribution in [0.3, 0.4) is 0 Å². The number of benzene rings is 1. The Kier molecular flexibility index (Phi) is 4.98. The largest absolute Gasteiger partial charge is 0.367 e. The van der Waals surface area contributed by atoms with Gasteiger partial charge in [0, 0.05) is 49.1 Å². The average Bonchev–Trinajstić information content (AvgIpc) is 3.60. The minimum atomic E-state index is 0.182. The first-order chi connectivity index (χ1) is 16.2. The molecule has 5 heterocycles. The molecule has 2 aromatic rings. The van der Waals surface area contributed by atoms with E-state index in [1.54, 1.807) is 6.20 Å². The highest BCUT2D eigenvalue weighted by molar-refractivity contribution is 7.99. The highest BCUT2D eigenvalue weighted by atomic mass is 32.2. The molecule has 33 heavy (non-hydrogen) atoms. The summed E-state index contributed by atoms with van der Waals surface area (Å²) in [4.78, 5) is 21.8. The highest BCUT2D eigenvalue weighted by Crippen LogP contribution is 2.39. The number of amides is 1. The van der Waals surface area contributed by atoms with E-state index < -0.39 is 0 Å². The number of nitriles is 1. The minimum absolute atomic E-state index is 0.182. The van der Waals surface area contributed by atoms with E-state index in [0.717, 1.165) is 66.5 Å². The Hall–Kier alpha value is -3.12. The van der Waals surface area contributed by atoms with E-state index in [2.05, 4.69) is 51.5 Å². The molecule has 6 rings (SSSR count). The van der Waals surface area contributed by atoms with Gasteiger partial charge >= 0.3 is 0 Å². The maximum atomic E-state index is 13.1. The van der Waals surface area contributed by atoms with Crippen LogP contribution < -0.4 is 4.90 Å². The molecule has 1 aromatic heterocycles. The second kappa shape index (κ2) is 8.03. The maximum Gasteiger partial charge on any atom is 0.256 e. The number of carbonyl (C=O) groups excluding carboxylic acids is 1. The van der Waals surface area contributed by atoms with Gasteiger partial charge < -0.3 is 9.80 Å². The normalized spacial score (nSPS) is 24.7. The van der Waals surface area contributed by atoms with E-state index in [1.807, 2.05) is 34.9 Å². The second-order valence-corrected chi connectivity index (χ2v) is 9.86. The van der Waals surface area contributed by atoms with Gasteiger partial charge in [0.2, 0.25) is 0 Å². The summed E-state index contributed by atoms with van der Waals surface area (Å²) in [6.45, 7) is 4.85. The van der Waals surface area contributed by atoms with Gasteiger partial charge in [0.1, 0.15) is 18.8 Å². The molecule has 2 saturated heterocycles. The average molecular weight is 458 g/mol. The number of piperazine rings is 1. The van der Waals surface area contributed by atoms with E-state index in [4.69, 9.17) is 0 Å². The summed E-state index contributed by atoms with van der Waals surface area (Å²) < 4.78 is 0.609. The Morgan fingerprint density at radius 2 is 2.00 bits per heavy atom. The van der Waals surface area contributed by atoms with Crippen molar-refractivity contribution in [3.63, 3.8) is 0 Å². The molecule has 0 saturated carbocycles. The predicted molar refractivity (Wildman–Crippen MR) is 130 cm³/mol. The number of thioether (sulfide) groups is 1. The van der Waals surface area contributed by atoms with Crippen LogP contribution in [-0.4, -0.2) is 76.3 Å². The van der Waals surface area contributed by atoms with Crippen molar-refractivity contribution in [3.05, 3.63) is 71.7 Å². The minimum Gasteiger partial charge on any atom is -0.367 e. The molecular weight excluding hydrogens is 432 g/mol. The molecule has 1 atom stereocenters. The molecular formula is C25H25N6OS+. The smallest absolute Gasteiger partial charge is 0.256 e. The van der Waals surface area contributed by atoms with Crippen molar-refractivity contribution in [2.45, 2.75) is 0 Å². The number of aromatic nitrogens is 1. The fourth-order valence-electron chi connectivity index (χ4n) is 5.38. The lowest BCUT2D eigenvalue weighted by Gasteiger charge is -2.44. The number of nitrogens with zero attached hydrogens (tertiary/aromatic N) is 6. The first kappa shape index (κ1) is 20.5. The number of quaternary nitrogens is 1. The Labute approximate surface area is 197 Å². The predicted octanol–water partition coefficient (Wildman–Crippen LogP) is 2.84. The number of para-hydroxylation sites is 1. The zero-order valence-electron chi connectivity index (χ0n) is 18.4. The van der Waals surface area contributed by atoms with Crippen molar-refractivity contribution < 1.29 is 9.39 Å². The summed E-state index contributed by atoms with van der Waals surface area (Å²) >= 11 is 1.82. The number of rotatable bonds is 3. The van der Waals surface area contributed by atoms with Crippen molar-refractivity contribution in [3.8, 4) is 6.07 Å². The summed E-state index contributed by atoms with van der Waals surface area (Å²) in [5.41, 5.74) is 4.59. The van der Waals surface area contributed by atoms with Crippen LogP contribution in [0.1, 0.15) is 5.56 Å². The fraction of sp³-hybridized carbons (Fsp3) is 0.320. The van der Waals surface area contributed by atoms with Crippen molar-refractivity contribution >= 4 is 34.3 Å². The van der Waals surface area contributed by atoms with Crippen molar-refractivity contribution in [2.24, 2.45) is 0 Å². The van der Waals surface area contributed by atoms with Crippen LogP contribution in [0.25, 0.3) is 10.9 Å². The van der Waals surface area contributed by atoms with Crippen LogP contribution >= 0.6 is 11.8 Å². The van der Waals surface area contributed by atoms with Crippen molar-refractivity contribution in [1.82, 2.24) is 14.9 Å². The summed E-state index contributed by atoms with van der Waals surface area (Å²) in [6, 6.07) is 10.4. The number of fused-ring (bicyclic) bond motifs is 2. The fourth-order valence-corrected chi connectivity index (χ4v) is 6.32. The zero-order chi connectivity index (χ0) is 22.4. The molecule has 0 unspecified atom stereocenters. The Morgan fingerprint density at radius 1 is 1.15 bits per heavy atom. The van der Waals surface area contributed by atoms with Gasteiger partial charge in [0.05, 0.1) is 41.3 Å². The Balaban J connectivity index is 1.23. The first-order valence-corrected chi connectivity index (χ1v) is 12.5. The molecule has 0 radical (unpaired) electrons. The standard InChI is InChI=1S/C25H25N6OS/c26-15-20-16-27-23-6-2-1-5-22(23)24(20)28-7-9-30(10-8-28)31-12-3-4-21(31)14-19(17-31)25(32)29-11-13-33-18-29/h1-6,12,14,16H,7-11,13,17-18H2/q+1/t31-/m1/s1. The number of hydrogen-bond acceptors (Lipinski definition) is 6. The van der Waals surface area contributed by atoms with Gasteiger partial charge in [-0.15, -0.1) is 16.8 Å². The quantitative estimate of drug-likeness (QED) is 0.661. The molecule has 8 heteroatoms. The van der Waals surface area contributed by atoms with Crippen LogP contribution in [0.2, 0.25) is 0 Å². The lowest BCUT2D eigenvalue weighted by molar-refractivity contribution is -0.948. The van der Waals surface area contributed by atoms with Gasteiger partial charge in [0.15, 0.2) is 5.70 Å². The third-order valence-electron chi connectivity index (χ3n) is 7.04. The molecule has 2 fully saturated rings. The first-order valence-electron chi connectivity index (χ1n) is 11.3. The zero-order valence-corrected chi connectivity index (χ0v) is 19.2. The van der Waals surface area contributed by atoms with Gasteiger partial charge in [-0.2, -0.15) is 9.85 Å². The highest BCUT2D eigenvalue weighted by Gasteiger charge is 2.48. The topological polar surface area (TPSA) is 63.5 Å². The SMILES string of the molecule is N#Cc1cnc2ccccc2c1N1CCN([N@@+]23C=CC=C2C=C(C(=O)N2CCSC2)C3)CC1. The molecule has 0 bridgehead atoms. The number of pyridine rings is 1. The third kappa shape index (κ3) is 3.27. The third-order valence-corrected chi connectivity index (χ3v) is 8.00. The molecule has 7 nitrogen and oxygen atoms in total. The van der Waals surface area contributed by atoms with E-state index in [9.17, 15) is 10.1 Å². The van der Waals surface area contributed by atoms with Crippen LogP contribution in [0.4, 0.5) is 5.69 Å². The van der Waals surface area contributed by atoms with E-state index in [-0.39, 0.29) is 5.91 Å². The van der Waals surface area contributed by atoms with E-state index in [0.29, 0.717) is 16.7 Å². The second-order valence-electron chi connectivity index (χ2n) is 8.78. The number of anilines is 1. The molecule has 4 aliphatic heterocycles. The summed E-state index contributed by atoms with van der Waals surface area (Å²) in [6.07, 6.45) is 10.2. The van der Waals surface area contributed by atoms with Crippen LogP contribution in [0.5, 0.6) is 0 Å². The molecule has 0 aliphatic carbocycles. The maximum absolute atomic E-state index is 13.1. The monoisotopic (exact) mass is 457 g/mol. The Bertz CT molecular complexity index is 1260. The van der Waals surface area contributed by atoms with Crippen molar-refractivity contribution in [2.75, 3.05) is 55.8 Å². The van der Waals surface area contributed by atoms with Gasteiger partial charge in [-0.1, -0.05) is 18.2 Å². The van der Waals surface area contributed by atoms with Crippen LogP contribution in [0.15, 0.2) is 66.2 Å². The lowest BCUT2D eigenvalue weighted by Crippen LogP contribution is -2.60. The number of carbonyl (C=O) groups is 1. The molecule has 0 spiro atoms. The number of allylic oxidation sites excluding steroid dienone is 3. The van der Waals surface area contributed by atoms with Crippen LogP contribution in [-0.2, 0) is 4.79 Å². The molecule has 0 N–H and O–H groups in total. The van der Waals surface area contributed by atoms with Gasteiger partial charge in [0.25, 0.3) is 5.91 Å². The van der Waals surface area contributed by atoms with Crippen molar-refractivity contribution in [1.29, 1.82) is 5.26 Å². The summed E-state index contributed by atoms with van der Waals surface area (Å²) in [7, 11) is 0. The van der Waals surface area contributed by atoms with Gasteiger partial charge in [-0.3, -0.25) is 9.78 Å². The molecule has 166 valence electrons. The summed E-state index contributed by atoms with van der Waals surface area (Å²) in [5, 5.41) is 13.2. The summed E-state index contributed by atoms with van der Waals surface area (Å²) in [5.74, 6) is 2.00. The van der Waals surface area contributed by atoms with E-state index >= 15 is 0 Å². The molecule has 1 aromatic carbocycles. The van der Waals surface area contributed by atoms with Gasteiger partial charge in [-0.25, -0.2) is 0 Å². The van der Waals surface area contributed by atoms with E-state index in [1.165, 1.54) is 5.70 Å².